The van der Waals surface area contributed by atoms with Crippen LogP contribution in [-0.2, 0) is 0 Å². The van der Waals surface area contributed by atoms with Crippen molar-refractivity contribution in [3.63, 3.8) is 0 Å². The summed E-state index contributed by atoms with van der Waals surface area (Å²) in [5.41, 5.74) is 2.42. The second-order valence-corrected chi connectivity index (χ2v) is 7.93. The van der Waals surface area contributed by atoms with Crippen LogP contribution in [0.5, 0.6) is 11.5 Å². The summed E-state index contributed by atoms with van der Waals surface area (Å²) in [7, 11) is 1.54. The van der Waals surface area contributed by atoms with E-state index in [0.29, 0.717) is 54.3 Å². The molecule has 5 rings (SSSR count). The number of H-pyrrole nitrogens is 1. The van der Waals surface area contributed by atoms with Gasteiger partial charge in [0.05, 0.1) is 23.9 Å². The van der Waals surface area contributed by atoms with Crippen molar-refractivity contribution in [1.82, 2.24) is 15.1 Å². The highest BCUT2D eigenvalue weighted by molar-refractivity contribution is 6.15. The zero-order valence-electron chi connectivity index (χ0n) is 17.9. The summed E-state index contributed by atoms with van der Waals surface area (Å²) in [4.78, 5) is 25.5. The zero-order chi connectivity index (χ0) is 22.9. The summed E-state index contributed by atoms with van der Waals surface area (Å²) in [6.07, 6.45) is 2.05. The van der Waals surface area contributed by atoms with E-state index in [1.807, 2.05) is 24.3 Å². The van der Waals surface area contributed by atoms with Crippen molar-refractivity contribution in [1.29, 1.82) is 0 Å². The number of fused-ring (bicyclic) bond motifs is 2. The molecule has 2 aliphatic heterocycles. The fraction of sp³-hybridized carbons (Fsp3) is 0.240. The minimum atomic E-state index is -0.903. The molecule has 1 saturated heterocycles. The number of nitrogens with one attached hydrogen (secondary N) is 1. The van der Waals surface area contributed by atoms with Crippen molar-refractivity contribution in [2.45, 2.75) is 12.8 Å². The van der Waals surface area contributed by atoms with E-state index >= 15 is 0 Å². The first-order chi connectivity index (χ1) is 16.0. The van der Waals surface area contributed by atoms with Crippen LogP contribution in [0.3, 0.4) is 0 Å². The number of Topliss-reactive ketones (excluding diaryl/α,β-unsaturated/α-hetero) is 1. The SMILES string of the molecule is COc1ccc2c(c1C#CC1CCN(C(=O)O)CC1)O/C(=C\c1n[nH]c3ccccc13)C2=O. The standard InChI is InChI=1S/C25H21N3O5/c1-32-21-9-8-18-23(29)22(14-20-16-4-2-3-5-19(16)26-27-20)33-24(18)17(21)7-6-15-10-12-28(13-11-15)25(30)31/h2-5,8-9,14-15H,10-13H2,1H3,(H,26,27)(H,30,31)/b22-14-. The van der Waals surface area contributed by atoms with Gasteiger partial charge in [-0.2, -0.15) is 5.10 Å². The highest BCUT2D eigenvalue weighted by atomic mass is 16.5. The number of amides is 1. The van der Waals surface area contributed by atoms with Gasteiger partial charge in [-0.1, -0.05) is 30.0 Å². The number of allylic oxidation sites excluding steroid dienone is 1. The van der Waals surface area contributed by atoms with Crippen LogP contribution in [0.25, 0.3) is 17.0 Å². The number of nitrogens with zero attached hydrogens (tertiary/aromatic N) is 2. The molecule has 1 aromatic heterocycles. The van der Waals surface area contributed by atoms with Crippen LogP contribution in [-0.4, -0.2) is 52.3 Å². The highest BCUT2D eigenvalue weighted by Gasteiger charge is 2.31. The molecule has 0 saturated carbocycles. The monoisotopic (exact) mass is 443 g/mol. The average Bonchev–Trinajstić information content (AvgIpc) is 3.39. The quantitative estimate of drug-likeness (QED) is 0.459. The zero-order valence-corrected chi connectivity index (χ0v) is 17.9. The molecule has 166 valence electrons. The third-order valence-electron chi connectivity index (χ3n) is 5.95. The fourth-order valence-electron chi connectivity index (χ4n) is 4.13. The lowest BCUT2D eigenvalue weighted by Crippen LogP contribution is -2.37. The second-order valence-electron chi connectivity index (χ2n) is 7.93. The molecule has 0 spiro atoms. The van der Waals surface area contributed by atoms with Gasteiger partial charge in [0.25, 0.3) is 0 Å². The Labute approximate surface area is 189 Å². The van der Waals surface area contributed by atoms with Crippen LogP contribution in [0, 0.1) is 17.8 Å². The number of hydrogen-bond donors (Lipinski definition) is 2. The van der Waals surface area contributed by atoms with E-state index in [9.17, 15) is 9.59 Å². The molecule has 0 bridgehead atoms. The molecule has 3 heterocycles. The smallest absolute Gasteiger partial charge is 0.407 e. The van der Waals surface area contributed by atoms with Crippen molar-refractivity contribution < 1.29 is 24.2 Å². The van der Waals surface area contributed by atoms with Gasteiger partial charge < -0.3 is 19.5 Å². The molecule has 0 aliphatic carbocycles. The first-order valence-electron chi connectivity index (χ1n) is 10.6. The summed E-state index contributed by atoms with van der Waals surface area (Å²) in [6.45, 7) is 0.913. The van der Waals surface area contributed by atoms with Gasteiger partial charge in [0, 0.05) is 30.5 Å². The summed E-state index contributed by atoms with van der Waals surface area (Å²) >= 11 is 0. The van der Waals surface area contributed by atoms with E-state index in [1.54, 1.807) is 25.3 Å². The maximum absolute atomic E-state index is 13.0. The van der Waals surface area contributed by atoms with Gasteiger partial charge in [0.15, 0.2) is 11.5 Å². The van der Waals surface area contributed by atoms with E-state index in [4.69, 9.17) is 14.6 Å². The average molecular weight is 443 g/mol. The molecule has 0 unspecified atom stereocenters. The topological polar surface area (TPSA) is 105 Å². The van der Waals surface area contributed by atoms with Gasteiger partial charge in [0.1, 0.15) is 11.3 Å². The Kier molecular flexibility index (Phi) is 5.23. The highest BCUT2D eigenvalue weighted by Crippen LogP contribution is 2.39. The van der Waals surface area contributed by atoms with E-state index < -0.39 is 6.09 Å². The Morgan fingerprint density at radius 1 is 1.27 bits per heavy atom. The molecule has 8 heteroatoms. The minimum Gasteiger partial charge on any atom is -0.495 e. The van der Waals surface area contributed by atoms with E-state index in [2.05, 4.69) is 22.0 Å². The summed E-state index contributed by atoms with van der Waals surface area (Å²) in [5.74, 6) is 7.25. The van der Waals surface area contributed by atoms with Crippen molar-refractivity contribution in [2.24, 2.45) is 5.92 Å². The molecular formula is C25H21N3O5. The molecule has 33 heavy (non-hydrogen) atoms. The minimum absolute atomic E-state index is 0.0590. The number of aromatic amines is 1. The molecule has 2 N–H and O–H groups in total. The van der Waals surface area contributed by atoms with Crippen LogP contribution in [0.1, 0.15) is 34.5 Å². The Morgan fingerprint density at radius 3 is 2.82 bits per heavy atom. The number of carboxylic acid groups (broad SMARTS) is 1. The number of para-hydroxylation sites is 1. The van der Waals surface area contributed by atoms with Crippen LogP contribution >= 0.6 is 0 Å². The number of methoxy groups -OCH3 is 1. The van der Waals surface area contributed by atoms with Gasteiger partial charge in [-0.15, -0.1) is 0 Å². The maximum atomic E-state index is 13.0. The number of benzene rings is 2. The lowest BCUT2D eigenvalue weighted by molar-refractivity contribution is 0.101. The first kappa shape index (κ1) is 20.6. The third-order valence-corrected chi connectivity index (χ3v) is 5.95. The van der Waals surface area contributed by atoms with Crippen molar-refractivity contribution in [2.75, 3.05) is 20.2 Å². The summed E-state index contributed by atoms with van der Waals surface area (Å²) < 4.78 is 11.5. The third kappa shape index (κ3) is 3.78. The lowest BCUT2D eigenvalue weighted by Gasteiger charge is -2.27. The number of aromatic nitrogens is 2. The number of ketones is 1. The first-order valence-corrected chi connectivity index (χ1v) is 10.6. The van der Waals surface area contributed by atoms with Crippen LogP contribution in [0.2, 0.25) is 0 Å². The molecular weight excluding hydrogens is 422 g/mol. The van der Waals surface area contributed by atoms with Gasteiger partial charge in [-0.05, 0) is 31.0 Å². The molecule has 1 amide bonds. The second kappa shape index (κ2) is 8.36. The van der Waals surface area contributed by atoms with Gasteiger partial charge in [0.2, 0.25) is 5.78 Å². The van der Waals surface area contributed by atoms with Crippen LogP contribution in [0.15, 0.2) is 42.2 Å². The molecule has 2 aromatic carbocycles. The Morgan fingerprint density at radius 2 is 2.06 bits per heavy atom. The number of likely N-dealkylation sites (tertiary alicyclic amines) is 1. The number of ether oxygens (including phenoxy) is 2. The molecule has 0 radical (unpaired) electrons. The molecule has 2 aliphatic rings. The molecule has 0 atom stereocenters. The van der Waals surface area contributed by atoms with Crippen molar-refractivity contribution >= 4 is 28.9 Å². The molecule has 8 nitrogen and oxygen atoms in total. The van der Waals surface area contributed by atoms with Gasteiger partial charge in [-0.3, -0.25) is 9.89 Å². The molecule has 3 aromatic rings. The Hall–Kier alpha value is -4.25. The Balaban J connectivity index is 1.46. The fourth-order valence-corrected chi connectivity index (χ4v) is 4.13. The van der Waals surface area contributed by atoms with E-state index in [-0.39, 0.29) is 17.5 Å². The predicted octanol–water partition coefficient (Wildman–Crippen LogP) is 3.93. The number of rotatable bonds is 2. The van der Waals surface area contributed by atoms with E-state index in [0.717, 1.165) is 10.9 Å². The van der Waals surface area contributed by atoms with Crippen molar-refractivity contribution in [3.05, 3.63) is 59.0 Å². The number of piperidine rings is 1. The normalized spacial score (nSPS) is 16.9. The van der Waals surface area contributed by atoms with Gasteiger partial charge in [-0.25, -0.2) is 4.79 Å². The largest absolute Gasteiger partial charge is 0.495 e. The number of carbonyl (C=O) groups excluding carboxylic acids is 1. The number of hydrogen-bond acceptors (Lipinski definition) is 5. The van der Waals surface area contributed by atoms with Crippen LogP contribution in [0.4, 0.5) is 4.79 Å². The van der Waals surface area contributed by atoms with Crippen LogP contribution < -0.4 is 9.47 Å². The Bertz CT molecular complexity index is 1350. The summed E-state index contributed by atoms with van der Waals surface area (Å²) in [6, 6.07) is 11.0. The van der Waals surface area contributed by atoms with Gasteiger partial charge >= 0.3 is 6.09 Å². The van der Waals surface area contributed by atoms with Crippen molar-refractivity contribution in [3.8, 4) is 23.3 Å². The molecule has 1 fully saturated rings. The predicted molar refractivity (Wildman–Crippen MR) is 121 cm³/mol. The summed E-state index contributed by atoms with van der Waals surface area (Å²) in [5, 5.41) is 17.3. The van der Waals surface area contributed by atoms with E-state index in [1.165, 1.54) is 4.90 Å². The number of carbonyl (C=O) groups is 2. The maximum Gasteiger partial charge on any atom is 0.407 e. The lowest BCUT2D eigenvalue weighted by atomic mass is 9.97.